The molecule has 0 aliphatic carbocycles. The summed E-state index contributed by atoms with van der Waals surface area (Å²) in [6, 6.07) is 5.12. The molecule has 4 nitrogen and oxygen atoms in total. The van der Waals surface area contributed by atoms with Crippen LogP contribution in [0, 0.1) is 5.82 Å². The Balaban J connectivity index is 1.91. The van der Waals surface area contributed by atoms with Crippen LogP contribution >= 0.6 is 11.6 Å². The molecule has 0 amide bonds. The fourth-order valence-electron chi connectivity index (χ4n) is 2.96. The molecule has 0 saturated carbocycles. The van der Waals surface area contributed by atoms with Crippen molar-refractivity contribution in [1.29, 1.82) is 0 Å². The topological polar surface area (TPSA) is 30.3 Å². The summed E-state index contributed by atoms with van der Waals surface area (Å²) in [5.41, 5.74) is 1.53. The Morgan fingerprint density at radius 2 is 2.17 bits per heavy atom. The minimum Gasteiger partial charge on any atom is -0.381 e. The molecule has 1 aromatic carbocycles. The lowest BCUT2D eigenvalue weighted by Gasteiger charge is -2.35. The average Bonchev–Trinajstić information content (AvgIpc) is 3.04. The van der Waals surface area contributed by atoms with Crippen molar-refractivity contribution < 1.29 is 9.13 Å². The van der Waals surface area contributed by atoms with Crippen molar-refractivity contribution in [3.63, 3.8) is 0 Å². The predicted octanol–water partition coefficient (Wildman–Crippen LogP) is 3.88. The summed E-state index contributed by atoms with van der Waals surface area (Å²) in [4.78, 5) is 2.20. The summed E-state index contributed by atoms with van der Waals surface area (Å²) in [7, 11) is 0. The van der Waals surface area contributed by atoms with Gasteiger partial charge in [0.2, 0.25) is 0 Å². The molecule has 3 rings (SSSR count). The van der Waals surface area contributed by atoms with E-state index in [-0.39, 0.29) is 5.82 Å². The fourth-order valence-corrected chi connectivity index (χ4v) is 3.18. The number of nitrogens with zero attached hydrogens (tertiary/aromatic N) is 3. The number of aryl methyl sites for hydroxylation is 1. The Morgan fingerprint density at radius 3 is 2.83 bits per heavy atom. The van der Waals surface area contributed by atoms with Crippen LogP contribution in [0.2, 0.25) is 5.02 Å². The Morgan fingerprint density at radius 1 is 1.39 bits per heavy atom. The molecule has 0 bridgehead atoms. The van der Waals surface area contributed by atoms with E-state index < -0.39 is 0 Å². The Bertz CT molecular complexity index is 635. The monoisotopic (exact) mass is 337 g/mol. The summed E-state index contributed by atoms with van der Waals surface area (Å²) in [5, 5.41) is 4.82. The number of hydrogen-bond acceptors (Lipinski definition) is 3. The zero-order chi connectivity index (χ0) is 16.2. The number of benzene rings is 1. The number of hydrogen-bond donors (Lipinski definition) is 0. The van der Waals surface area contributed by atoms with Crippen LogP contribution in [-0.4, -0.2) is 29.0 Å². The van der Waals surface area contributed by atoms with Gasteiger partial charge in [-0.2, -0.15) is 5.10 Å². The van der Waals surface area contributed by atoms with E-state index in [1.807, 2.05) is 24.0 Å². The Kier molecular flexibility index (Phi) is 5.18. The zero-order valence-electron chi connectivity index (χ0n) is 13.2. The first-order valence-corrected chi connectivity index (χ1v) is 8.36. The van der Waals surface area contributed by atoms with Crippen LogP contribution in [0.1, 0.15) is 25.3 Å². The summed E-state index contributed by atoms with van der Waals surface area (Å²) in [6.07, 6.45) is 5.69. The van der Waals surface area contributed by atoms with Gasteiger partial charge >= 0.3 is 0 Å². The quantitative estimate of drug-likeness (QED) is 0.829. The molecule has 0 atom stereocenters. The molecule has 6 heteroatoms. The smallest absolute Gasteiger partial charge is 0.129 e. The van der Waals surface area contributed by atoms with E-state index in [0.717, 1.165) is 38.3 Å². The number of aromatic nitrogens is 2. The minimum absolute atomic E-state index is 0.266. The molecule has 1 aliphatic heterocycles. The van der Waals surface area contributed by atoms with Crippen LogP contribution < -0.4 is 4.90 Å². The van der Waals surface area contributed by atoms with Gasteiger partial charge in [0.1, 0.15) is 5.82 Å². The van der Waals surface area contributed by atoms with Gasteiger partial charge < -0.3 is 9.64 Å². The first-order valence-electron chi connectivity index (χ1n) is 7.98. The maximum Gasteiger partial charge on any atom is 0.129 e. The molecule has 1 fully saturated rings. The molecule has 0 unspecified atom stereocenters. The van der Waals surface area contributed by atoms with Gasteiger partial charge in [0.15, 0.2) is 0 Å². The molecular formula is C17H21ClFN3O. The Labute approximate surface area is 140 Å². The third-order valence-corrected chi connectivity index (χ3v) is 4.65. The summed E-state index contributed by atoms with van der Waals surface area (Å²) in [6.45, 7) is 4.75. The lowest BCUT2D eigenvalue weighted by molar-refractivity contribution is 0.0840. The average molecular weight is 338 g/mol. The highest BCUT2D eigenvalue weighted by atomic mass is 35.5. The van der Waals surface area contributed by atoms with Gasteiger partial charge in [-0.15, -0.1) is 0 Å². The number of anilines is 1. The number of ether oxygens (including phenoxy) is 1. The second-order valence-electron chi connectivity index (χ2n) is 5.73. The van der Waals surface area contributed by atoms with Crippen molar-refractivity contribution in [3.8, 4) is 0 Å². The van der Waals surface area contributed by atoms with Gasteiger partial charge in [-0.1, -0.05) is 17.7 Å². The Hall–Kier alpha value is -1.59. The zero-order valence-corrected chi connectivity index (χ0v) is 14.0. The molecule has 0 N–H and O–H groups in total. The van der Waals surface area contributed by atoms with E-state index in [1.165, 1.54) is 6.07 Å². The highest BCUT2D eigenvalue weighted by molar-refractivity contribution is 6.31. The third kappa shape index (κ3) is 3.67. The molecular weight excluding hydrogens is 317 g/mol. The number of rotatable bonds is 5. The largest absolute Gasteiger partial charge is 0.381 e. The first-order chi connectivity index (χ1) is 11.2. The van der Waals surface area contributed by atoms with E-state index in [2.05, 4.69) is 10.00 Å². The van der Waals surface area contributed by atoms with E-state index in [1.54, 1.807) is 12.1 Å². The van der Waals surface area contributed by atoms with E-state index >= 15 is 0 Å². The van der Waals surface area contributed by atoms with Crippen LogP contribution in [0.4, 0.5) is 10.1 Å². The maximum atomic E-state index is 14.2. The van der Waals surface area contributed by atoms with E-state index in [9.17, 15) is 4.39 Å². The van der Waals surface area contributed by atoms with Crippen LogP contribution in [0.5, 0.6) is 0 Å². The van der Waals surface area contributed by atoms with Crippen LogP contribution in [0.3, 0.4) is 0 Å². The van der Waals surface area contributed by atoms with Gasteiger partial charge in [-0.05, 0) is 31.9 Å². The van der Waals surface area contributed by atoms with Crippen molar-refractivity contribution in [2.24, 2.45) is 0 Å². The highest BCUT2D eigenvalue weighted by Gasteiger charge is 2.24. The second kappa shape index (κ2) is 7.32. The first kappa shape index (κ1) is 16.3. The van der Waals surface area contributed by atoms with Gasteiger partial charge in [-0.3, -0.25) is 4.68 Å². The van der Waals surface area contributed by atoms with Crippen molar-refractivity contribution in [3.05, 3.63) is 47.0 Å². The highest BCUT2D eigenvalue weighted by Crippen LogP contribution is 2.28. The lowest BCUT2D eigenvalue weighted by atomic mass is 10.0. The van der Waals surface area contributed by atoms with Gasteiger partial charge in [0.25, 0.3) is 0 Å². The predicted molar refractivity (Wildman–Crippen MR) is 89.3 cm³/mol. The van der Waals surface area contributed by atoms with E-state index in [0.29, 0.717) is 23.2 Å². The third-order valence-electron chi connectivity index (χ3n) is 4.30. The number of halogens is 2. The van der Waals surface area contributed by atoms with Crippen LogP contribution in [0.25, 0.3) is 0 Å². The van der Waals surface area contributed by atoms with Crippen molar-refractivity contribution in [2.45, 2.75) is 38.9 Å². The van der Waals surface area contributed by atoms with Gasteiger partial charge in [0.05, 0.1) is 11.9 Å². The van der Waals surface area contributed by atoms with Gasteiger partial charge in [-0.25, -0.2) is 4.39 Å². The van der Waals surface area contributed by atoms with Crippen molar-refractivity contribution in [2.75, 3.05) is 18.1 Å². The fraction of sp³-hybridized carbons (Fsp3) is 0.471. The molecule has 23 heavy (non-hydrogen) atoms. The molecule has 0 spiro atoms. The molecule has 0 radical (unpaired) electrons. The van der Waals surface area contributed by atoms with Crippen molar-refractivity contribution in [1.82, 2.24) is 9.78 Å². The molecule has 1 aromatic heterocycles. The summed E-state index contributed by atoms with van der Waals surface area (Å²) < 4.78 is 21.6. The van der Waals surface area contributed by atoms with Gasteiger partial charge in [0, 0.05) is 49.1 Å². The standard InChI is InChI=1S/C17H21ClFN3O/c1-2-21-11-14(10-20-21)22(13-6-8-23-9-7-13)12-15-16(18)4-3-5-17(15)19/h3-5,10-11,13H,2,6-9,12H2,1H3. The van der Waals surface area contributed by atoms with Crippen LogP contribution in [0.15, 0.2) is 30.6 Å². The van der Waals surface area contributed by atoms with Crippen molar-refractivity contribution >= 4 is 17.3 Å². The van der Waals surface area contributed by atoms with E-state index in [4.69, 9.17) is 16.3 Å². The summed E-state index contributed by atoms with van der Waals surface area (Å²) in [5.74, 6) is -0.266. The molecule has 2 heterocycles. The molecule has 124 valence electrons. The maximum absolute atomic E-state index is 14.2. The molecule has 1 aliphatic rings. The molecule has 2 aromatic rings. The minimum atomic E-state index is -0.266. The van der Waals surface area contributed by atoms with Crippen LogP contribution in [-0.2, 0) is 17.8 Å². The molecule has 1 saturated heterocycles. The SMILES string of the molecule is CCn1cc(N(Cc2c(F)cccc2Cl)C2CCOCC2)cn1. The summed E-state index contributed by atoms with van der Waals surface area (Å²) >= 11 is 6.22. The second-order valence-corrected chi connectivity index (χ2v) is 6.13. The lowest BCUT2D eigenvalue weighted by Crippen LogP contribution is -2.39. The normalized spacial score (nSPS) is 15.8.